The van der Waals surface area contributed by atoms with Crippen LogP contribution in [-0.2, 0) is 20.9 Å². The lowest BCUT2D eigenvalue weighted by molar-refractivity contribution is -0.144. The van der Waals surface area contributed by atoms with Gasteiger partial charge in [-0.1, -0.05) is 30.3 Å². The van der Waals surface area contributed by atoms with Crippen LogP contribution in [0.5, 0.6) is 0 Å². The summed E-state index contributed by atoms with van der Waals surface area (Å²) in [6, 6.07) is 9.68. The van der Waals surface area contributed by atoms with Crippen LogP contribution >= 0.6 is 0 Å². The van der Waals surface area contributed by atoms with Gasteiger partial charge in [-0.2, -0.15) is 0 Å². The average molecular weight is 234 g/mol. The van der Waals surface area contributed by atoms with Gasteiger partial charge in [0.2, 0.25) is 0 Å². The Morgan fingerprint density at radius 1 is 1.35 bits per heavy atom. The SMILES string of the molecule is O=C1C=C[C@@H]([C@@H](O)COCc2ccccc2)O1. The average Bonchev–Trinajstić information content (AvgIpc) is 2.77. The molecule has 1 aromatic carbocycles. The molecule has 1 aromatic rings. The van der Waals surface area contributed by atoms with Crippen molar-refractivity contribution in [3.05, 3.63) is 48.0 Å². The Hall–Kier alpha value is -1.65. The summed E-state index contributed by atoms with van der Waals surface area (Å²) in [6.45, 7) is 0.569. The highest BCUT2D eigenvalue weighted by Gasteiger charge is 2.24. The van der Waals surface area contributed by atoms with E-state index in [1.54, 1.807) is 6.08 Å². The number of hydrogen-bond donors (Lipinski definition) is 1. The minimum atomic E-state index is -0.818. The molecule has 1 aliphatic rings. The van der Waals surface area contributed by atoms with Gasteiger partial charge in [0.1, 0.15) is 12.2 Å². The fraction of sp³-hybridized carbons (Fsp3) is 0.308. The number of cyclic esters (lactones) is 1. The molecule has 2 rings (SSSR count). The van der Waals surface area contributed by atoms with Gasteiger partial charge in [0.15, 0.2) is 0 Å². The van der Waals surface area contributed by atoms with Crippen molar-refractivity contribution in [2.45, 2.75) is 18.8 Å². The smallest absolute Gasteiger partial charge is 0.331 e. The van der Waals surface area contributed by atoms with Crippen LogP contribution in [0.1, 0.15) is 5.56 Å². The molecular formula is C13H14O4. The van der Waals surface area contributed by atoms with Crippen molar-refractivity contribution in [2.24, 2.45) is 0 Å². The third-order valence-electron chi connectivity index (χ3n) is 2.45. The van der Waals surface area contributed by atoms with Gasteiger partial charge < -0.3 is 14.6 Å². The number of ether oxygens (including phenoxy) is 2. The van der Waals surface area contributed by atoms with E-state index < -0.39 is 18.2 Å². The molecule has 90 valence electrons. The van der Waals surface area contributed by atoms with Crippen LogP contribution in [0.3, 0.4) is 0 Å². The van der Waals surface area contributed by atoms with E-state index in [-0.39, 0.29) is 6.61 Å². The maximum atomic E-state index is 10.8. The molecule has 0 saturated carbocycles. The van der Waals surface area contributed by atoms with Crippen molar-refractivity contribution in [1.82, 2.24) is 0 Å². The van der Waals surface area contributed by atoms with Gasteiger partial charge in [-0.3, -0.25) is 0 Å². The van der Waals surface area contributed by atoms with Crippen LogP contribution in [0.25, 0.3) is 0 Å². The van der Waals surface area contributed by atoms with E-state index in [0.29, 0.717) is 6.61 Å². The van der Waals surface area contributed by atoms with E-state index in [0.717, 1.165) is 5.56 Å². The van der Waals surface area contributed by atoms with Gasteiger partial charge in [0.25, 0.3) is 0 Å². The molecule has 4 nitrogen and oxygen atoms in total. The minimum Gasteiger partial charge on any atom is -0.452 e. The Morgan fingerprint density at radius 3 is 2.76 bits per heavy atom. The zero-order valence-electron chi connectivity index (χ0n) is 9.28. The standard InChI is InChI=1S/C13H14O4/c14-11(12-6-7-13(15)17-12)9-16-8-10-4-2-1-3-5-10/h1-7,11-12,14H,8-9H2/t11-,12-/m0/s1. The maximum absolute atomic E-state index is 10.8. The highest BCUT2D eigenvalue weighted by Crippen LogP contribution is 2.10. The van der Waals surface area contributed by atoms with Crippen LogP contribution in [0.4, 0.5) is 0 Å². The Labute approximate surface area is 99.5 Å². The molecule has 1 heterocycles. The summed E-state index contributed by atoms with van der Waals surface area (Å²) in [5, 5.41) is 9.69. The third-order valence-corrected chi connectivity index (χ3v) is 2.45. The van der Waals surface area contributed by atoms with Gasteiger partial charge in [-0.05, 0) is 11.6 Å². The fourth-order valence-corrected chi connectivity index (χ4v) is 1.56. The van der Waals surface area contributed by atoms with E-state index in [1.165, 1.54) is 6.08 Å². The number of aliphatic hydroxyl groups is 1. The quantitative estimate of drug-likeness (QED) is 0.773. The summed E-state index contributed by atoms with van der Waals surface area (Å²) in [5.74, 6) is -0.419. The topological polar surface area (TPSA) is 55.8 Å². The maximum Gasteiger partial charge on any atom is 0.331 e. The van der Waals surface area contributed by atoms with Crippen molar-refractivity contribution in [2.75, 3.05) is 6.61 Å². The molecule has 1 aliphatic heterocycles. The summed E-state index contributed by atoms with van der Waals surface area (Å²) < 4.78 is 10.2. The number of aliphatic hydroxyl groups excluding tert-OH is 1. The zero-order valence-corrected chi connectivity index (χ0v) is 9.28. The summed E-state index contributed by atoms with van der Waals surface area (Å²) in [7, 11) is 0. The third kappa shape index (κ3) is 3.41. The lowest BCUT2D eigenvalue weighted by Crippen LogP contribution is -2.30. The molecule has 0 spiro atoms. The lowest BCUT2D eigenvalue weighted by Gasteiger charge is -2.16. The summed E-state index contributed by atoms with van der Waals surface area (Å²) >= 11 is 0. The van der Waals surface area contributed by atoms with Gasteiger partial charge in [0.05, 0.1) is 13.2 Å². The van der Waals surface area contributed by atoms with Crippen molar-refractivity contribution in [3.8, 4) is 0 Å². The Balaban J connectivity index is 1.72. The number of rotatable bonds is 5. The molecule has 0 fully saturated rings. The molecule has 0 radical (unpaired) electrons. The molecule has 4 heteroatoms. The van der Waals surface area contributed by atoms with Crippen LogP contribution < -0.4 is 0 Å². The van der Waals surface area contributed by atoms with Crippen LogP contribution in [0.2, 0.25) is 0 Å². The molecule has 0 amide bonds. The van der Waals surface area contributed by atoms with Crippen LogP contribution in [0.15, 0.2) is 42.5 Å². The van der Waals surface area contributed by atoms with Gasteiger partial charge in [-0.15, -0.1) is 0 Å². The van der Waals surface area contributed by atoms with Gasteiger partial charge >= 0.3 is 5.97 Å². The first-order valence-electron chi connectivity index (χ1n) is 5.44. The number of benzene rings is 1. The highest BCUT2D eigenvalue weighted by molar-refractivity contribution is 5.84. The van der Waals surface area contributed by atoms with E-state index in [2.05, 4.69) is 0 Å². The molecule has 0 aliphatic carbocycles. The molecular weight excluding hydrogens is 220 g/mol. The first-order valence-corrected chi connectivity index (χ1v) is 5.44. The van der Waals surface area contributed by atoms with Crippen molar-refractivity contribution in [1.29, 1.82) is 0 Å². The second-order valence-electron chi connectivity index (χ2n) is 3.83. The van der Waals surface area contributed by atoms with E-state index in [4.69, 9.17) is 9.47 Å². The monoisotopic (exact) mass is 234 g/mol. The largest absolute Gasteiger partial charge is 0.452 e. The Kier molecular flexibility index (Phi) is 3.90. The molecule has 0 aromatic heterocycles. The van der Waals surface area contributed by atoms with Gasteiger partial charge in [0, 0.05) is 6.08 Å². The Morgan fingerprint density at radius 2 is 2.12 bits per heavy atom. The summed E-state index contributed by atoms with van der Waals surface area (Å²) in [5.41, 5.74) is 1.04. The first-order chi connectivity index (χ1) is 8.25. The van der Waals surface area contributed by atoms with Gasteiger partial charge in [-0.25, -0.2) is 4.79 Å². The number of carbonyl (C=O) groups excluding carboxylic acids is 1. The predicted octanol–water partition coefficient (Wildman–Crippen LogP) is 1.05. The van der Waals surface area contributed by atoms with E-state index in [9.17, 15) is 9.90 Å². The fourth-order valence-electron chi connectivity index (χ4n) is 1.56. The molecule has 2 atom stereocenters. The highest BCUT2D eigenvalue weighted by atomic mass is 16.6. The second-order valence-corrected chi connectivity index (χ2v) is 3.83. The number of carbonyl (C=O) groups is 1. The van der Waals surface area contributed by atoms with Crippen LogP contribution in [0, 0.1) is 0 Å². The summed E-state index contributed by atoms with van der Waals surface area (Å²) in [4.78, 5) is 10.8. The minimum absolute atomic E-state index is 0.136. The molecule has 1 N–H and O–H groups in total. The molecule has 17 heavy (non-hydrogen) atoms. The Bertz CT molecular complexity index is 399. The predicted molar refractivity (Wildman–Crippen MR) is 61.1 cm³/mol. The normalized spacial score (nSPS) is 20.3. The second kappa shape index (κ2) is 5.61. The molecule has 0 bridgehead atoms. The first kappa shape index (κ1) is 11.8. The zero-order chi connectivity index (χ0) is 12.1. The number of esters is 1. The molecule has 0 unspecified atom stereocenters. The van der Waals surface area contributed by atoms with E-state index in [1.807, 2.05) is 30.3 Å². The van der Waals surface area contributed by atoms with Crippen molar-refractivity contribution in [3.63, 3.8) is 0 Å². The number of hydrogen-bond acceptors (Lipinski definition) is 4. The van der Waals surface area contributed by atoms with Crippen LogP contribution in [-0.4, -0.2) is 29.9 Å². The summed E-state index contributed by atoms with van der Waals surface area (Å²) in [6.07, 6.45) is 1.45. The molecule has 0 saturated heterocycles. The van der Waals surface area contributed by atoms with Crippen molar-refractivity contribution >= 4 is 5.97 Å². The van der Waals surface area contributed by atoms with E-state index >= 15 is 0 Å². The van der Waals surface area contributed by atoms with Crippen molar-refractivity contribution < 1.29 is 19.4 Å². The lowest BCUT2D eigenvalue weighted by atomic mass is 10.2.